The molecule has 0 saturated heterocycles. The van der Waals surface area contributed by atoms with Gasteiger partial charge in [0.2, 0.25) is 5.91 Å². The fourth-order valence-electron chi connectivity index (χ4n) is 1.67. The number of rotatable bonds is 2. The zero-order valence-electron chi connectivity index (χ0n) is 10.9. The van der Waals surface area contributed by atoms with E-state index in [0.717, 1.165) is 10.8 Å². The fraction of sp³-hybridized carbons (Fsp3) is 0.200. The van der Waals surface area contributed by atoms with E-state index < -0.39 is 0 Å². The number of benzene rings is 2. The van der Waals surface area contributed by atoms with Crippen LogP contribution in [0.4, 0.5) is 0 Å². The normalized spacial score (nSPS) is 10.5. The van der Waals surface area contributed by atoms with Crippen molar-refractivity contribution in [3.05, 3.63) is 48.0 Å². The molecule has 0 atom stereocenters. The first kappa shape index (κ1) is 13.1. The van der Waals surface area contributed by atoms with Crippen molar-refractivity contribution in [3.8, 4) is 0 Å². The maximum atomic E-state index is 11.9. The Labute approximate surface area is 111 Å². The third-order valence-corrected chi connectivity index (χ3v) is 2.84. The molecule has 0 radical (unpaired) electrons. The molecule has 98 valence electrons. The minimum atomic E-state index is -0.320. The number of carbonyl (C=O) groups is 2. The van der Waals surface area contributed by atoms with Crippen molar-refractivity contribution in [1.82, 2.24) is 10.9 Å². The van der Waals surface area contributed by atoms with Crippen LogP contribution in [0.15, 0.2) is 42.5 Å². The molecule has 4 heteroatoms. The van der Waals surface area contributed by atoms with Gasteiger partial charge in [-0.1, -0.05) is 44.2 Å². The molecule has 2 aromatic rings. The van der Waals surface area contributed by atoms with Gasteiger partial charge in [-0.3, -0.25) is 20.4 Å². The van der Waals surface area contributed by atoms with Crippen LogP contribution in [0, 0.1) is 5.92 Å². The minimum Gasteiger partial charge on any atom is -0.273 e. The van der Waals surface area contributed by atoms with E-state index >= 15 is 0 Å². The van der Waals surface area contributed by atoms with Gasteiger partial charge in [-0.05, 0) is 22.9 Å². The van der Waals surface area contributed by atoms with Crippen molar-refractivity contribution in [2.75, 3.05) is 0 Å². The summed E-state index contributed by atoms with van der Waals surface area (Å²) in [5.41, 5.74) is 5.31. The van der Waals surface area contributed by atoms with Gasteiger partial charge < -0.3 is 0 Å². The maximum Gasteiger partial charge on any atom is 0.269 e. The summed E-state index contributed by atoms with van der Waals surface area (Å²) in [6.07, 6.45) is 0. The predicted octanol–water partition coefficient (Wildman–Crippen LogP) is 2.26. The van der Waals surface area contributed by atoms with Crippen molar-refractivity contribution in [2.45, 2.75) is 13.8 Å². The lowest BCUT2D eigenvalue weighted by Crippen LogP contribution is -2.43. The van der Waals surface area contributed by atoms with E-state index in [1.807, 2.05) is 30.3 Å². The van der Waals surface area contributed by atoms with E-state index in [2.05, 4.69) is 10.9 Å². The molecule has 2 aromatic carbocycles. The van der Waals surface area contributed by atoms with Gasteiger partial charge in [-0.15, -0.1) is 0 Å². The lowest BCUT2D eigenvalue weighted by Gasteiger charge is -2.09. The summed E-state index contributed by atoms with van der Waals surface area (Å²) in [6.45, 7) is 3.52. The Kier molecular flexibility index (Phi) is 3.80. The fourth-order valence-corrected chi connectivity index (χ4v) is 1.67. The second kappa shape index (κ2) is 5.52. The Hall–Kier alpha value is -2.36. The summed E-state index contributed by atoms with van der Waals surface area (Å²) in [6, 6.07) is 13.2. The number of amides is 2. The summed E-state index contributed by atoms with van der Waals surface area (Å²) in [5, 5.41) is 2.07. The monoisotopic (exact) mass is 256 g/mol. The number of carbonyl (C=O) groups excluding carboxylic acids is 2. The van der Waals surface area contributed by atoms with Crippen LogP contribution in [-0.4, -0.2) is 11.8 Å². The molecule has 0 aliphatic heterocycles. The molecule has 4 nitrogen and oxygen atoms in total. The van der Waals surface area contributed by atoms with Crippen LogP contribution in [0.2, 0.25) is 0 Å². The lowest BCUT2D eigenvalue weighted by molar-refractivity contribution is -0.124. The smallest absolute Gasteiger partial charge is 0.269 e. The van der Waals surface area contributed by atoms with Crippen LogP contribution in [-0.2, 0) is 4.79 Å². The number of fused-ring (bicyclic) bond motifs is 1. The van der Waals surface area contributed by atoms with Gasteiger partial charge >= 0.3 is 0 Å². The van der Waals surface area contributed by atoms with Gasteiger partial charge in [0.05, 0.1) is 0 Å². The van der Waals surface area contributed by atoms with Crippen molar-refractivity contribution in [3.63, 3.8) is 0 Å². The Bertz CT molecular complexity index is 620. The number of hydrazine groups is 1. The van der Waals surface area contributed by atoms with Crippen LogP contribution in [0.3, 0.4) is 0 Å². The van der Waals surface area contributed by atoms with Crippen LogP contribution in [0.5, 0.6) is 0 Å². The average molecular weight is 256 g/mol. The molecular formula is C15H16N2O2. The molecule has 2 N–H and O–H groups in total. The average Bonchev–Trinajstić information content (AvgIpc) is 2.43. The molecule has 0 heterocycles. The molecule has 0 bridgehead atoms. The summed E-state index contributed by atoms with van der Waals surface area (Å²) in [4.78, 5) is 23.3. The van der Waals surface area contributed by atoms with E-state index in [1.165, 1.54) is 0 Å². The first-order valence-corrected chi connectivity index (χ1v) is 6.17. The first-order valence-electron chi connectivity index (χ1n) is 6.17. The van der Waals surface area contributed by atoms with Crippen LogP contribution < -0.4 is 10.9 Å². The molecule has 0 unspecified atom stereocenters. The van der Waals surface area contributed by atoms with Gasteiger partial charge in [0.25, 0.3) is 5.91 Å². The largest absolute Gasteiger partial charge is 0.273 e. The molecule has 2 rings (SSSR count). The molecular weight excluding hydrogens is 240 g/mol. The number of hydrogen-bond acceptors (Lipinski definition) is 2. The quantitative estimate of drug-likeness (QED) is 0.810. The van der Waals surface area contributed by atoms with Crippen LogP contribution in [0.25, 0.3) is 10.8 Å². The third-order valence-electron chi connectivity index (χ3n) is 2.84. The molecule has 0 fully saturated rings. The van der Waals surface area contributed by atoms with Crippen molar-refractivity contribution < 1.29 is 9.59 Å². The predicted molar refractivity (Wildman–Crippen MR) is 74.4 cm³/mol. The van der Waals surface area contributed by atoms with E-state index in [1.54, 1.807) is 26.0 Å². The molecule has 0 saturated carbocycles. The lowest BCUT2D eigenvalue weighted by atomic mass is 10.1. The Morgan fingerprint density at radius 2 is 1.63 bits per heavy atom. The van der Waals surface area contributed by atoms with Crippen molar-refractivity contribution >= 4 is 22.6 Å². The Balaban J connectivity index is 2.11. The van der Waals surface area contributed by atoms with E-state index in [4.69, 9.17) is 0 Å². The third kappa shape index (κ3) is 3.10. The highest BCUT2D eigenvalue weighted by atomic mass is 16.2. The molecule has 0 aliphatic rings. The maximum absolute atomic E-state index is 11.9. The van der Waals surface area contributed by atoms with Gasteiger partial charge in [0.1, 0.15) is 0 Å². The molecule has 2 amide bonds. The number of hydrogen-bond donors (Lipinski definition) is 2. The van der Waals surface area contributed by atoms with E-state index in [-0.39, 0.29) is 17.7 Å². The molecule has 0 aliphatic carbocycles. The summed E-state index contributed by atoms with van der Waals surface area (Å²) >= 11 is 0. The second-order valence-corrected chi connectivity index (χ2v) is 4.66. The van der Waals surface area contributed by atoms with Gasteiger partial charge in [0, 0.05) is 11.5 Å². The topological polar surface area (TPSA) is 58.2 Å². The van der Waals surface area contributed by atoms with Gasteiger partial charge in [-0.25, -0.2) is 0 Å². The highest BCUT2D eigenvalue weighted by molar-refractivity contribution is 5.99. The second-order valence-electron chi connectivity index (χ2n) is 4.66. The van der Waals surface area contributed by atoms with Crippen LogP contribution >= 0.6 is 0 Å². The van der Waals surface area contributed by atoms with Gasteiger partial charge in [-0.2, -0.15) is 0 Å². The summed E-state index contributed by atoms with van der Waals surface area (Å²) < 4.78 is 0. The zero-order chi connectivity index (χ0) is 13.8. The SMILES string of the molecule is CC(C)C(=O)NNC(=O)c1ccc2ccccc2c1. The van der Waals surface area contributed by atoms with Gasteiger partial charge in [0.15, 0.2) is 0 Å². The van der Waals surface area contributed by atoms with E-state index in [0.29, 0.717) is 5.56 Å². The van der Waals surface area contributed by atoms with Crippen molar-refractivity contribution in [2.24, 2.45) is 5.92 Å². The van der Waals surface area contributed by atoms with Crippen LogP contribution in [0.1, 0.15) is 24.2 Å². The standard InChI is InChI=1S/C15H16N2O2/c1-10(2)14(18)16-17-15(19)13-8-7-11-5-3-4-6-12(11)9-13/h3-10H,1-2H3,(H,16,18)(H,17,19). The molecule has 0 aromatic heterocycles. The van der Waals surface area contributed by atoms with Crippen molar-refractivity contribution in [1.29, 1.82) is 0 Å². The Morgan fingerprint density at radius 1 is 0.947 bits per heavy atom. The number of nitrogens with one attached hydrogen (secondary N) is 2. The minimum absolute atomic E-state index is 0.170. The zero-order valence-corrected chi connectivity index (χ0v) is 10.9. The molecule has 0 spiro atoms. The molecule has 19 heavy (non-hydrogen) atoms. The first-order chi connectivity index (χ1) is 9.08. The highest BCUT2D eigenvalue weighted by Gasteiger charge is 2.10. The Morgan fingerprint density at radius 3 is 2.32 bits per heavy atom. The summed E-state index contributed by atoms with van der Waals surface area (Å²) in [7, 11) is 0. The highest BCUT2D eigenvalue weighted by Crippen LogP contribution is 2.15. The van der Waals surface area contributed by atoms with E-state index in [9.17, 15) is 9.59 Å². The summed E-state index contributed by atoms with van der Waals surface area (Å²) in [5.74, 6) is -0.703.